The summed E-state index contributed by atoms with van der Waals surface area (Å²) in [7, 11) is 0. The molecule has 17 atom stereocenters. The van der Waals surface area contributed by atoms with Crippen molar-refractivity contribution in [2.75, 3.05) is 0 Å². The Kier molecular flexibility index (Phi) is 17.8. The van der Waals surface area contributed by atoms with Gasteiger partial charge in [-0.25, -0.2) is 4.79 Å². The summed E-state index contributed by atoms with van der Waals surface area (Å²) in [5.41, 5.74) is 0. The summed E-state index contributed by atoms with van der Waals surface area (Å²) < 4.78 is 19.7. The van der Waals surface area contributed by atoms with E-state index in [1.165, 1.54) is 6.08 Å². The summed E-state index contributed by atoms with van der Waals surface area (Å²) in [6, 6.07) is 0. The Morgan fingerprint density at radius 1 is 0.759 bits per heavy atom. The number of carbonyl (C=O) groups excluding carboxylic acids is 3. The maximum absolute atomic E-state index is 13.5. The molecule has 0 unspecified atom stereocenters. The van der Waals surface area contributed by atoms with Crippen LogP contribution in [0.4, 0.5) is 0 Å². The minimum Gasteiger partial charge on any atom is -0.459 e. The average molecular weight is 761 g/mol. The van der Waals surface area contributed by atoms with Gasteiger partial charge in [0.05, 0.1) is 36.6 Å². The van der Waals surface area contributed by atoms with Crippen LogP contribution in [0.3, 0.4) is 0 Å². The first-order chi connectivity index (χ1) is 25.3. The van der Waals surface area contributed by atoms with Gasteiger partial charge in [-0.15, -0.1) is 0 Å². The zero-order valence-electron chi connectivity index (χ0n) is 34.6. The van der Waals surface area contributed by atoms with E-state index in [1.54, 1.807) is 47.6 Å². The van der Waals surface area contributed by atoms with Gasteiger partial charge in [-0.05, 0) is 63.2 Å². The largest absolute Gasteiger partial charge is 0.459 e. The van der Waals surface area contributed by atoms with Gasteiger partial charge in [0.25, 0.3) is 0 Å². The molecule has 3 rings (SSSR count). The molecule has 1 spiro atoms. The Balaban J connectivity index is 1.93. The lowest BCUT2D eigenvalue weighted by atomic mass is 9.77. The highest BCUT2D eigenvalue weighted by atomic mass is 16.7. The number of ether oxygens (including phenoxy) is 3. The monoisotopic (exact) mass is 761 g/mol. The van der Waals surface area contributed by atoms with E-state index in [4.69, 9.17) is 14.2 Å². The Hall–Kier alpha value is -2.21. The molecule has 0 aromatic heterocycles. The molecule has 308 valence electrons. The summed E-state index contributed by atoms with van der Waals surface area (Å²) in [6.45, 7) is 18.1. The molecule has 2 bridgehead atoms. The Bertz CT molecular complexity index is 1310. The number of allylic oxidation sites excluding steroid dienone is 4. The van der Waals surface area contributed by atoms with Crippen LogP contribution in [0.1, 0.15) is 121 Å². The predicted molar refractivity (Wildman–Crippen MR) is 209 cm³/mol. The number of Topliss-reactive ketones (excluding diaryl/α,β-unsaturated/α-hetero) is 2. The molecule has 0 saturated carbocycles. The molecule has 4 N–H and O–H groups in total. The number of aliphatic hydroxyl groups excluding tert-OH is 4. The maximum Gasteiger partial charge on any atom is 0.330 e. The summed E-state index contributed by atoms with van der Waals surface area (Å²) >= 11 is 0. The quantitative estimate of drug-likeness (QED) is 0.233. The van der Waals surface area contributed by atoms with Crippen LogP contribution in [0, 0.1) is 53.3 Å². The first-order valence-electron chi connectivity index (χ1n) is 20.7. The lowest BCUT2D eigenvalue weighted by Gasteiger charge is -2.52. The number of esters is 1. The van der Waals surface area contributed by atoms with E-state index in [2.05, 4.69) is 19.9 Å². The molecule has 3 heterocycles. The van der Waals surface area contributed by atoms with E-state index in [9.17, 15) is 34.8 Å². The van der Waals surface area contributed by atoms with Crippen LogP contribution in [-0.2, 0) is 28.6 Å². The van der Waals surface area contributed by atoms with Crippen molar-refractivity contribution < 1.29 is 49.0 Å². The van der Waals surface area contributed by atoms with Crippen molar-refractivity contribution in [3.05, 3.63) is 36.5 Å². The molecular weight excluding hydrogens is 688 g/mol. The number of aliphatic hydroxyl groups is 4. The molecule has 0 aromatic rings. The highest BCUT2D eigenvalue weighted by Crippen LogP contribution is 2.46. The van der Waals surface area contributed by atoms with Crippen molar-refractivity contribution in [1.29, 1.82) is 0 Å². The fourth-order valence-electron chi connectivity index (χ4n) is 8.54. The molecule has 0 aromatic carbocycles. The van der Waals surface area contributed by atoms with Crippen molar-refractivity contribution in [2.45, 2.75) is 169 Å². The van der Waals surface area contributed by atoms with Crippen molar-refractivity contribution in [3.8, 4) is 0 Å². The third kappa shape index (κ3) is 12.1. The average Bonchev–Trinajstić information content (AvgIpc) is 3.14. The number of carbonyl (C=O) groups is 3. The first kappa shape index (κ1) is 46.2. The van der Waals surface area contributed by atoms with Crippen molar-refractivity contribution in [2.24, 2.45) is 53.3 Å². The normalized spacial score (nSPS) is 45.3. The van der Waals surface area contributed by atoms with Crippen molar-refractivity contribution in [3.63, 3.8) is 0 Å². The molecule has 2 saturated heterocycles. The predicted octanol–water partition coefficient (Wildman–Crippen LogP) is 6.52. The van der Waals surface area contributed by atoms with E-state index in [-0.39, 0.29) is 41.7 Å². The van der Waals surface area contributed by atoms with Gasteiger partial charge < -0.3 is 34.6 Å². The summed E-state index contributed by atoms with van der Waals surface area (Å²) in [5, 5.41) is 43.6. The lowest BCUT2D eigenvalue weighted by Crippen LogP contribution is -2.57. The minimum atomic E-state index is -1.30. The standard InChI is InChI=1S/C44H72O10/c1-11-34-16-14-12-13-15-26(3)39(47)30(7)41(49)32(9)43(51)33(10)42(50)31(8)40(48)27(4)17-20-38(46)52-37-24-44(53-35(19-18-34)29(37)6)22-21-25(2)36(54-44)23-28(5)45/h12-14,16-17,20,25-37,39-40,43,45,47-48,51H,11,15,18-19,21-24H2,1-10H3/b13-12+,16-14+,20-17+/t25-,26+,27-,28+,29+,30-,31-,32+,33-,34-,35-,36-,37-,39-,40-,43-,44-/m1/s1. The van der Waals surface area contributed by atoms with E-state index in [0.29, 0.717) is 25.7 Å². The van der Waals surface area contributed by atoms with Gasteiger partial charge in [0.1, 0.15) is 17.7 Å². The van der Waals surface area contributed by atoms with Gasteiger partial charge in [-0.3, -0.25) is 9.59 Å². The summed E-state index contributed by atoms with van der Waals surface area (Å²) in [4.78, 5) is 40.2. The van der Waals surface area contributed by atoms with Crippen LogP contribution < -0.4 is 0 Å². The topological polar surface area (TPSA) is 160 Å². The van der Waals surface area contributed by atoms with Crippen LogP contribution in [0.25, 0.3) is 0 Å². The Morgan fingerprint density at radius 2 is 1.37 bits per heavy atom. The third-order valence-corrected chi connectivity index (χ3v) is 12.9. The third-order valence-electron chi connectivity index (χ3n) is 12.9. The molecule has 3 aliphatic heterocycles. The van der Waals surface area contributed by atoms with Crippen LogP contribution in [0.5, 0.6) is 0 Å². The second-order valence-electron chi connectivity index (χ2n) is 17.3. The minimum absolute atomic E-state index is 0.121. The summed E-state index contributed by atoms with van der Waals surface area (Å²) in [6.07, 6.45) is 11.6. The Morgan fingerprint density at radius 3 is 1.98 bits per heavy atom. The van der Waals surface area contributed by atoms with Gasteiger partial charge >= 0.3 is 5.97 Å². The molecule has 54 heavy (non-hydrogen) atoms. The SMILES string of the molecule is CC[C@@H]1/C=C/C=C/C[C@H](C)[C@@H](O)[C@@H](C)C(=O)[C@H](C)[C@@H](O)[C@H](C)C(=O)[C@H](C)[C@H](O)[C@H](C)/C=C/C(=O)O[C@@H]2C[C@]3(CC[C@@H](C)[C@@H](C[C@H](C)O)O3)O[C@H](CC1)[C@@H]2C. The molecule has 10 nitrogen and oxygen atoms in total. The molecule has 3 aliphatic rings. The van der Waals surface area contributed by atoms with Crippen LogP contribution in [0.2, 0.25) is 0 Å². The smallest absolute Gasteiger partial charge is 0.330 e. The molecule has 0 radical (unpaired) electrons. The van der Waals surface area contributed by atoms with Crippen LogP contribution >= 0.6 is 0 Å². The Labute approximate surface area is 324 Å². The second-order valence-corrected chi connectivity index (χ2v) is 17.3. The van der Waals surface area contributed by atoms with Crippen molar-refractivity contribution >= 4 is 17.5 Å². The fourth-order valence-corrected chi connectivity index (χ4v) is 8.54. The molecule has 0 aliphatic carbocycles. The molecule has 0 amide bonds. The number of ketones is 2. The lowest BCUT2D eigenvalue weighted by molar-refractivity contribution is -0.347. The van der Waals surface area contributed by atoms with E-state index in [0.717, 1.165) is 25.7 Å². The van der Waals surface area contributed by atoms with Gasteiger partial charge in [0, 0.05) is 54.4 Å². The zero-order valence-corrected chi connectivity index (χ0v) is 34.6. The maximum atomic E-state index is 13.5. The number of hydrogen-bond donors (Lipinski definition) is 4. The molecular formula is C44H72O10. The second kappa shape index (κ2) is 20.8. The van der Waals surface area contributed by atoms with E-state index < -0.39 is 77.6 Å². The number of rotatable bonds is 3. The number of fused-ring (bicyclic) bond motifs is 2. The zero-order chi connectivity index (χ0) is 40.5. The fraction of sp³-hybridized carbons (Fsp3) is 0.795. The van der Waals surface area contributed by atoms with Crippen molar-refractivity contribution in [1.82, 2.24) is 0 Å². The summed E-state index contributed by atoms with van der Waals surface area (Å²) in [5.74, 6) is -6.12. The van der Waals surface area contributed by atoms with E-state index in [1.807, 2.05) is 32.1 Å². The molecule has 2 fully saturated rings. The van der Waals surface area contributed by atoms with Gasteiger partial charge in [0.2, 0.25) is 0 Å². The van der Waals surface area contributed by atoms with Crippen LogP contribution in [0.15, 0.2) is 36.5 Å². The van der Waals surface area contributed by atoms with Gasteiger partial charge in [-0.2, -0.15) is 0 Å². The number of hydrogen-bond acceptors (Lipinski definition) is 10. The van der Waals surface area contributed by atoms with Crippen LogP contribution in [-0.4, -0.2) is 86.5 Å². The first-order valence-corrected chi connectivity index (χ1v) is 20.7. The molecule has 10 heteroatoms. The van der Waals surface area contributed by atoms with Gasteiger partial charge in [-0.1, -0.05) is 92.7 Å². The van der Waals surface area contributed by atoms with E-state index >= 15 is 0 Å². The van der Waals surface area contributed by atoms with Gasteiger partial charge in [0.15, 0.2) is 5.79 Å². The highest BCUT2D eigenvalue weighted by molar-refractivity contribution is 5.87. The highest BCUT2D eigenvalue weighted by Gasteiger charge is 2.51.